The lowest BCUT2D eigenvalue weighted by Gasteiger charge is -2.22. The largest absolute Gasteiger partial charge is 0.453 e. The SMILES string of the molecule is COC(=O)Nc1ccc(-c2cnc3ccc(C(=O)N(Cc4cnn(C)c4)c4ccc(F)cc4)cn23)cn1. The van der Waals surface area contributed by atoms with Gasteiger partial charge in [-0.25, -0.2) is 19.2 Å². The molecule has 5 aromatic rings. The zero-order chi connectivity index (χ0) is 25.9. The Labute approximate surface area is 211 Å². The van der Waals surface area contributed by atoms with E-state index in [4.69, 9.17) is 0 Å². The highest BCUT2D eigenvalue weighted by Crippen LogP contribution is 2.24. The Morgan fingerprint density at radius 3 is 2.49 bits per heavy atom. The van der Waals surface area contributed by atoms with Gasteiger partial charge in [-0.3, -0.25) is 19.2 Å². The van der Waals surface area contributed by atoms with Crippen LogP contribution in [-0.2, 0) is 18.3 Å². The van der Waals surface area contributed by atoms with E-state index in [-0.39, 0.29) is 18.3 Å². The molecule has 0 atom stereocenters. The van der Waals surface area contributed by atoms with Crippen LogP contribution in [0.4, 0.5) is 20.7 Å². The first-order chi connectivity index (χ1) is 17.9. The number of nitrogens with one attached hydrogen (secondary N) is 1. The molecule has 0 aliphatic rings. The number of pyridine rings is 2. The highest BCUT2D eigenvalue weighted by molar-refractivity contribution is 6.06. The normalized spacial score (nSPS) is 10.9. The van der Waals surface area contributed by atoms with Gasteiger partial charge in [0.25, 0.3) is 5.91 Å². The summed E-state index contributed by atoms with van der Waals surface area (Å²) in [6.07, 6.45) is 7.88. The van der Waals surface area contributed by atoms with Gasteiger partial charge in [0.2, 0.25) is 0 Å². The van der Waals surface area contributed by atoms with Crippen molar-refractivity contribution < 1.29 is 18.7 Å². The quantitative estimate of drug-likeness (QED) is 0.374. The van der Waals surface area contributed by atoms with Crippen LogP contribution in [0.2, 0.25) is 0 Å². The van der Waals surface area contributed by atoms with Gasteiger partial charge < -0.3 is 9.64 Å². The van der Waals surface area contributed by atoms with Crippen LogP contribution in [0.3, 0.4) is 0 Å². The molecule has 1 aromatic carbocycles. The van der Waals surface area contributed by atoms with E-state index in [1.165, 1.54) is 19.2 Å². The second kappa shape index (κ2) is 9.90. The molecule has 186 valence electrons. The summed E-state index contributed by atoms with van der Waals surface area (Å²) in [7, 11) is 3.07. The first kappa shape index (κ1) is 23.7. The highest BCUT2D eigenvalue weighted by Gasteiger charge is 2.20. The Morgan fingerprint density at radius 1 is 1.00 bits per heavy atom. The summed E-state index contributed by atoms with van der Waals surface area (Å²) in [6.45, 7) is 0.256. The van der Waals surface area contributed by atoms with Crippen LogP contribution in [0.1, 0.15) is 15.9 Å². The molecule has 4 aromatic heterocycles. The smallest absolute Gasteiger partial charge is 0.412 e. The summed E-state index contributed by atoms with van der Waals surface area (Å²) < 4.78 is 21.6. The van der Waals surface area contributed by atoms with Gasteiger partial charge >= 0.3 is 6.09 Å². The molecule has 10 nitrogen and oxygen atoms in total. The summed E-state index contributed by atoms with van der Waals surface area (Å²) >= 11 is 0. The minimum atomic E-state index is -0.616. The van der Waals surface area contributed by atoms with Crippen LogP contribution < -0.4 is 10.2 Å². The molecule has 11 heteroatoms. The predicted octanol–water partition coefficient (Wildman–Crippen LogP) is 4.29. The van der Waals surface area contributed by atoms with Crippen molar-refractivity contribution in [2.24, 2.45) is 7.05 Å². The van der Waals surface area contributed by atoms with E-state index in [1.807, 2.05) is 6.20 Å². The number of amides is 2. The Kier molecular flexibility index (Phi) is 6.33. The lowest BCUT2D eigenvalue weighted by atomic mass is 10.2. The number of rotatable bonds is 6. The number of nitrogens with zero attached hydrogens (tertiary/aromatic N) is 6. The number of imidazole rings is 1. The van der Waals surface area contributed by atoms with Gasteiger partial charge in [0.1, 0.15) is 17.3 Å². The zero-order valence-corrected chi connectivity index (χ0v) is 20.0. The lowest BCUT2D eigenvalue weighted by Crippen LogP contribution is -2.30. The molecule has 0 aliphatic carbocycles. The fraction of sp³-hybridized carbons (Fsp3) is 0.115. The van der Waals surface area contributed by atoms with Gasteiger partial charge in [-0.05, 0) is 48.5 Å². The topological polar surface area (TPSA) is 107 Å². The van der Waals surface area contributed by atoms with Crippen molar-refractivity contribution in [2.45, 2.75) is 6.54 Å². The maximum absolute atomic E-state index is 13.7. The minimum Gasteiger partial charge on any atom is -0.453 e. The van der Waals surface area contributed by atoms with Crippen molar-refractivity contribution >= 4 is 29.2 Å². The molecule has 0 fully saturated rings. The van der Waals surface area contributed by atoms with E-state index in [9.17, 15) is 14.0 Å². The first-order valence-corrected chi connectivity index (χ1v) is 11.2. The molecule has 0 saturated carbocycles. The van der Waals surface area contributed by atoms with Crippen LogP contribution >= 0.6 is 0 Å². The van der Waals surface area contributed by atoms with Gasteiger partial charge in [0, 0.05) is 42.5 Å². The number of methoxy groups -OCH3 is 1. The maximum Gasteiger partial charge on any atom is 0.412 e. The third-order valence-corrected chi connectivity index (χ3v) is 5.71. The molecule has 1 N–H and O–H groups in total. The van der Waals surface area contributed by atoms with Crippen molar-refractivity contribution in [3.8, 4) is 11.3 Å². The number of carbonyl (C=O) groups excluding carboxylic acids is 2. The van der Waals surface area contributed by atoms with Gasteiger partial charge in [0.15, 0.2) is 0 Å². The molecule has 4 heterocycles. The molecule has 2 amide bonds. The van der Waals surface area contributed by atoms with Gasteiger partial charge in [-0.2, -0.15) is 5.10 Å². The first-order valence-electron chi connectivity index (χ1n) is 11.2. The average molecular weight is 500 g/mol. The van der Waals surface area contributed by atoms with Gasteiger partial charge in [-0.1, -0.05) is 0 Å². The number of ether oxygens (including phenoxy) is 1. The van der Waals surface area contributed by atoms with Crippen LogP contribution in [0.5, 0.6) is 0 Å². The van der Waals surface area contributed by atoms with Crippen molar-refractivity contribution in [3.63, 3.8) is 0 Å². The third-order valence-electron chi connectivity index (χ3n) is 5.71. The number of hydrogen-bond donors (Lipinski definition) is 1. The van der Waals surface area contributed by atoms with Crippen molar-refractivity contribution in [2.75, 3.05) is 17.3 Å². The van der Waals surface area contributed by atoms with Gasteiger partial charge in [-0.15, -0.1) is 0 Å². The summed E-state index contributed by atoms with van der Waals surface area (Å²) in [4.78, 5) is 35.4. The molecule has 5 rings (SSSR count). The standard InChI is InChI=1S/C26H22FN7O3/c1-32-14-17(11-30-32)15-33(21-7-5-20(27)6-8-21)25(35)19-4-10-24-29-13-22(34(24)16-19)18-3-9-23(28-12-18)31-26(36)37-2/h3-14,16H,15H2,1-2H3,(H,28,31,36). The Balaban J connectivity index is 1.49. The average Bonchev–Trinajstić information content (AvgIpc) is 3.53. The molecule has 0 bridgehead atoms. The number of fused-ring (bicyclic) bond motifs is 1. The van der Waals surface area contributed by atoms with Crippen LogP contribution in [-0.4, -0.2) is 43.3 Å². The molecular formula is C26H22FN7O3. The monoisotopic (exact) mass is 499 g/mol. The minimum absolute atomic E-state index is 0.256. The number of aryl methyl sites for hydroxylation is 1. The second-order valence-electron chi connectivity index (χ2n) is 8.23. The van der Waals surface area contributed by atoms with Gasteiger partial charge in [0.05, 0.1) is 37.3 Å². The Bertz CT molecular complexity index is 1580. The molecule has 0 radical (unpaired) electrons. The second-order valence-corrected chi connectivity index (χ2v) is 8.23. The van der Waals surface area contributed by atoms with E-state index >= 15 is 0 Å². The number of hydrogen-bond acceptors (Lipinski definition) is 6. The third kappa shape index (κ3) is 5.01. The van der Waals surface area contributed by atoms with E-state index in [0.717, 1.165) is 11.1 Å². The maximum atomic E-state index is 13.7. The molecular weight excluding hydrogens is 477 g/mol. The number of anilines is 2. The molecule has 0 aliphatic heterocycles. The van der Waals surface area contributed by atoms with Crippen molar-refractivity contribution in [1.82, 2.24) is 24.1 Å². The summed E-state index contributed by atoms with van der Waals surface area (Å²) in [6, 6.07) is 12.7. The van der Waals surface area contributed by atoms with Crippen molar-refractivity contribution in [3.05, 3.63) is 96.5 Å². The van der Waals surface area contributed by atoms with E-state index in [2.05, 4.69) is 25.1 Å². The predicted molar refractivity (Wildman–Crippen MR) is 135 cm³/mol. The zero-order valence-electron chi connectivity index (χ0n) is 20.0. The number of aromatic nitrogens is 5. The van der Waals surface area contributed by atoms with Crippen molar-refractivity contribution in [1.29, 1.82) is 0 Å². The fourth-order valence-electron chi connectivity index (χ4n) is 3.89. The molecule has 37 heavy (non-hydrogen) atoms. The molecule has 0 unspecified atom stereocenters. The molecule has 0 spiro atoms. The van der Waals surface area contributed by atoms with E-state index in [0.29, 0.717) is 28.4 Å². The summed E-state index contributed by atoms with van der Waals surface area (Å²) in [5, 5.41) is 6.69. The molecule has 0 saturated heterocycles. The Hall–Kier alpha value is -5.06. The number of benzene rings is 1. The van der Waals surface area contributed by atoms with E-state index < -0.39 is 6.09 Å². The number of carbonyl (C=O) groups is 2. The van der Waals surface area contributed by atoms with Crippen LogP contribution in [0.15, 0.2) is 79.5 Å². The van der Waals surface area contributed by atoms with E-state index in [1.54, 1.807) is 82.2 Å². The summed E-state index contributed by atoms with van der Waals surface area (Å²) in [5.74, 6) is -0.318. The lowest BCUT2D eigenvalue weighted by molar-refractivity contribution is 0.0984. The Morgan fingerprint density at radius 2 is 1.81 bits per heavy atom. The fourth-order valence-corrected chi connectivity index (χ4v) is 3.89. The highest BCUT2D eigenvalue weighted by atomic mass is 19.1. The van der Waals surface area contributed by atoms with Crippen LogP contribution in [0, 0.1) is 5.82 Å². The summed E-state index contributed by atoms with van der Waals surface area (Å²) in [5.41, 5.74) is 3.89. The van der Waals surface area contributed by atoms with Crippen LogP contribution in [0.25, 0.3) is 16.9 Å². The number of halogens is 1.